The first kappa shape index (κ1) is 12.5. The van der Waals surface area contributed by atoms with Crippen LogP contribution in [0.15, 0.2) is 18.2 Å². The van der Waals surface area contributed by atoms with Gasteiger partial charge in [-0.2, -0.15) is 0 Å². The van der Waals surface area contributed by atoms with Crippen LogP contribution in [0.25, 0.3) is 0 Å². The van der Waals surface area contributed by atoms with Gasteiger partial charge >= 0.3 is 0 Å². The van der Waals surface area contributed by atoms with E-state index in [9.17, 15) is 8.78 Å². The fourth-order valence-corrected chi connectivity index (χ4v) is 2.66. The lowest BCUT2D eigenvalue weighted by molar-refractivity contribution is 0.386. The van der Waals surface area contributed by atoms with E-state index in [1.807, 2.05) is 0 Å². The predicted octanol–water partition coefficient (Wildman–Crippen LogP) is 3.41. The maximum atomic E-state index is 13.6. The van der Waals surface area contributed by atoms with Gasteiger partial charge in [-0.1, -0.05) is 31.4 Å². The summed E-state index contributed by atoms with van der Waals surface area (Å²) in [6.45, 7) is 0. The van der Waals surface area contributed by atoms with E-state index < -0.39 is 11.6 Å². The molecule has 17 heavy (non-hydrogen) atoms. The van der Waals surface area contributed by atoms with Crippen LogP contribution in [0.1, 0.15) is 37.7 Å². The Morgan fingerprint density at radius 2 is 1.88 bits per heavy atom. The van der Waals surface area contributed by atoms with E-state index in [1.54, 1.807) is 12.1 Å². The predicted molar refractivity (Wildman–Crippen MR) is 64.6 cm³/mol. The van der Waals surface area contributed by atoms with Crippen molar-refractivity contribution in [1.82, 2.24) is 0 Å². The summed E-state index contributed by atoms with van der Waals surface area (Å²) in [6, 6.07) is 4.51. The Morgan fingerprint density at radius 3 is 2.71 bits per heavy atom. The smallest absolute Gasteiger partial charge is 0.162 e. The van der Waals surface area contributed by atoms with Gasteiger partial charge in [-0.3, -0.25) is 0 Å². The van der Waals surface area contributed by atoms with Gasteiger partial charge in [0.25, 0.3) is 0 Å². The molecule has 1 saturated carbocycles. The summed E-state index contributed by atoms with van der Waals surface area (Å²) in [5.74, 6) is -1.18. The topological polar surface area (TPSA) is 26.0 Å². The van der Waals surface area contributed by atoms with Crippen LogP contribution >= 0.6 is 0 Å². The third kappa shape index (κ3) is 3.03. The van der Waals surface area contributed by atoms with Crippen molar-refractivity contribution < 1.29 is 8.78 Å². The normalized spacial score (nSPS) is 25.6. The minimum Gasteiger partial charge on any atom is -0.327 e. The van der Waals surface area contributed by atoms with Crippen LogP contribution < -0.4 is 5.73 Å². The van der Waals surface area contributed by atoms with Gasteiger partial charge in [0.05, 0.1) is 0 Å². The molecule has 94 valence electrons. The van der Waals surface area contributed by atoms with Crippen molar-refractivity contribution in [2.45, 2.75) is 44.6 Å². The summed E-state index contributed by atoms with van der Waals surface area (Å²) in [6.07, 6.45) is 6.10. The quantitative estimate of drug-likeness (QED) is 0.786. The highest BCUT2D eigenvalue weighted by Gasteiger charge is 2.22. The molecule has 1 fully saturated rings. The molecular weight excluding hydrogens is 220 g/mol. The van der Waals surface area contributed by atoms with E-state index in [-0.39, 0.29) is 12.0 Å². The van der Waals surface area contributed by atoms with Crippen LogP contribution in [0.3, 0.4) is 0 Å². The third-order valence-corrected chi connectivity index (χ3v) is 3.73. The molecule has 0 aliphatic heterocycles. The van der Waals surface area contributed by atoms with Crippen LogP contribution in [-0.2, 0) is 6.42 Å². The van der Waals surface area contributed by atoms with E-state index in [2.05, 4.69) is 0 Å². The minimum absolute atomic E-state index is 0.125. The Balaban J connectivity index is 2.10. The third-order valence-electron chi connectivity index (χ3n) is 3.73. The number of halogens is 2. The van der Waals surface area contributed by atoms with Crippen LogP contribution in [-0.4, -0.2) is 6.04 Å². The van der Waals surface area contributed by atoms with Gasteiger partial charge < -0.3 is 5.73 Å². The number of hydrogen-bond donors (Lipinski definition) is 1. The second-order valence-electron chi connectivity index (χ2n) is 4.98. The molecule has 3 heteroatoms. The van der Waals surface area contributed by atoms with Gasteiger partial charge in [0.2, 0.25) is 0 Å². The van der Waals surface area contributed by atoms with Crippen LogP contribution in [0, 0.1) is 17.6 Å². The summed E-state index contributed by atoms with van der Waals surface area (Å²) in [5.41, 5.74) is 6.56. The molecule has 0 amide bonds. The van der Waals surface area contributed by atoms with Crippen molar-refractivity contribution in [2.24, 2.45) is 11.7 Å². The van der Waals surface area contributed by atoms with Crippen molar-refractivity contribution in [3.8, 4) is 0 Å². The standard InChI is InChI=1S/C14H19F2N/c15-12-7-4-6-11(14(12)16)9-10-5-2-1-3-8-13(10)17/h4,6-7,10,13H,1-3,5,8-9,17H2. The molecule has 0 spiro atoms. The Morgan fingerprint density at radius 1 is 1.12 bits per heavy atom. The first-order valence-corrected chi connectivity index (χ1v) is 6.37. The summed E-state index contributed by atoms with van der Waals surface area (Å²) in [4.78, 5) is 0. The molecular formula is C14H19F2N. The second kappa shape index (κ2) is 5.58. The average molecular weight is 239 g/mol. The lowest BCUT2D eigenvalue weighted by Gasteiger charge is -2.21. The van der Waals surface area contributed by atoms with E-state index in [0.29, 0.717) is 12.0 Å². The minimum atomic E-state index is -0.760. The zero-order valence-electron chi connectivity index (χ0n) is 9.96. The Kier molecular flexibility index (Phi) is 4.11. The molecule has 2 unspecified atom stereocenters. The van der Waals surface area contributed by atoms with Crippen molar-refractivity contribution in [1.29, 1.82) is 0 Å². The molecule has 1 aromatic carbocycles. The molecule has 2 atom stereocenters. The highest BCUT2D eigenvalue weighted by molar-refractivity contribution is 5.19. The first-order valence-electron chi connectivity index (χ1n) is 6.37. The number of nitrogens with two attached hydrogens (primary N) is 1. The maximum absolute atomic E-state index is 13.6. The molecule has 0 bridgehead atoms. The molecule has 1 nitrogen and oxygen atoms in total. The fourth-order valence-electron chi connectivity index (χ4n) is 2.66. The van der Waals surface area contributed by atoms with E-state index in [0.717, 1.165) is 31.7 Å². The summed E-state index contributed by atoms with van der Waals surface area (Å²) >= 11 is 0. The highest BCUT2D eigenvalue weighted by atomic mass is 19.2. The van der Waals surface area contributed by atoms with Crippen molar-refractivity contribution in [3.05, 3.63) is 35.4 Å². The lowest BCUT2D eigenvalue weighted by atomic mass is 9.89. The molecule has 0 radical (unpaired) electrons. The molecule has 0 heterocycles. The maximum Gasteiger partial charge on any atom is 0.162 e. The molecule has 2 rings (SSSR count). The lowest BCUT2D eigenvalue weighted by Crippen LogP contribution is -2.30. The van der Waals surface area contributed by atoms with E-state index >= 15 is 0 Å². The van der Waals surface area contributed by atoms with Gasteiger partial charge in [0, 0.05) is 6.04 Å². The SMILES string of the molecule is NC1CCCCCC1Cc1cccc(F)c1F. The van der Waals surface area contributed by atoms with Crippen LogP contribution in [0.5, 0.6) is 0 Å². The van der Waals surface area contributed by atoms with Gasteiger partial charge in [-0.25, -0.2) is 8.78 Å². The largest absolute Gasteiger partial charge is 0.327 e. The zero-order chi connectivity index (χ0) is 12.3. The van der Waals surface area contributed by atoms with Crippen molar-refractivity contribution in [3.63, 3.8) is 0 Å². The van der Waals surface area contributed by atoms with Crippen LogP contribution in [0.2, 0.25) is 0 Å². The first-order chi connectivity index (χ1) is 8.18. The van der Waals surface area contributed by atoms with Gasteiger partial charge in [0.1, 0.15) is 0 Å². The average Bonchev–Trinajstić information content (AvgIpc) is 2.51. The Labute approximate surface area is 101 Å². The molecule has 1 aromatic rings. The molecule has 2 N–H and O–H groups in total. The summed E-state index contributed by atoms with van der Waals surface area (Å²) < 4.78 is 26.7. The van der Waals surface area contributed by atoms with Crippen molar-refractivity contribution >= 4 is 0 Å². The Bertz CT molecular complexity index is 378. The van der Waals surface area contributed by atoms with Gasteiger partial charge in [0.15, 0.2) is 11.6 Å². The number of benzene rings is 1. The molecule has 0 saturated heterocycles. The number of hydrogen-bond acceptors (Lipinski definition) is 1. The molecule has 1 aliphatic rings. The molecule has 1 aliphatic carbocycles. The Hall–Kier alpha value is -0.960. The highest BCUT2D eigenvalue weighted by Crippen LogP contribution is 2.26. The van der Waals surface area contributed by atoms with Gasteiger partial charge in [-0.15, -0.1) is 0 Å². The number of rotatable bonds is 2. The second-order valence-corrected chi connectivity index (χ2v) is 4.98. The van der Waals surface area contributed by atoms with Gasteiger partial charge in [-0.05, 0) is 36.8 Å². The summed E-state index contributed by atoms with van der Waals surface area (Å²) in [7, 11) is 0. The van der Waals surface area contributed by atoms with Crippen LogP contribution in [0.4, 0.5) is 8.78 Å². The summed E-state index contributed by atoms with van der Waals surface area (Å²) in [5, 5.41) is 0. The monoisotopic (exact) mass is 239 g/mol. The van der Waals surface area contributed by atoms with E-state index in [1.165, 1.54) is 6.42 Å². The fraction of sp³-hybridized carbons (Fsp3) is 0.571. The zero-order valence-corrected chi connectivity index (χ0v) is 9.96. The van der Waals surface area contributed by atoms with Crippen molar-refractivity contribution in [2.75, 3.05) is 0 Å². The van der Waals surface area contributed by atoms with E-state index in [4.69, 9.17) is 5.73 Å². The molecule has 0 aromatic heterocycles.